The quantitative estimate of drug-likeness (QED) is 0.428. The molecule has 0 saturated carbocycles. The maximum absolute atomic E-state index is 2.33. The van der Waals surface area contributed by atoms with E-state index < -0.39 is 0 Å². The molecular formula is C4H9I. The van der Waals surface area contributed by atoms with E-state index in [4.69, 9.17) is 0 Å². The molecule has 0 nitrogen and oxygen atoms in total. The molecule has 5 heavy (non-hydrogen) atoms. The SMILES string of the molecule is CCI1CC1. The molecule has 0 amide bonds. The molecule has 32 valence electrons. The van der Waals surface area contributed by atoms with E-state index in [2.05, 4.69) is 6.92 Å². The summed E-state index contributed by atoms with van der Waals surface area (Å²) in [6.45, 7) is 2.33. The zero-order chi connectivity index (χ0) is 3.70. The van der Waals surface area contributed by atoms with Gasteiger partial charge in [0, 0.05) is 0 Å². The Hall–Kier alpha value is 0.730. The average molecular weight is 184 g/mol. The summed E-state index contributed by atoms with van der Waals surface area (Å²) < 4.78 is 4.91. The first kappa shape index (κ1) is 3.90. The topological polar surface area (TPSA) is 0 Å². The van der Waals surface area contributed by atoms with Gasteiger partial charge in [-0.25, -0.2) is 0 Å². The van der Waals surface area contributed by atoms with Gasteiger partial charge in [0.1, 0.15) is 0 Å². The molecule has 0 aliphatic carbocycles. The third kappa shape index (κ3) is 1.07. The van der Waals surface area contributed by atoms with Crippen molar-refractivity contribution in [3.63, 3.8) is 0 Å². The van der Waals surface area contributed by atoms with Crippen LogP contribution in [0.1, 0.15) is 6.92 Å². The third-order valence-corrected chi connectivity index (χ3v) is 5.60. The van der Waals surface area contributed by atoms with Gasteiger partial charge in [-0.15, -0.1) is 0 Å². The van der Waals surface area contributed by atoms with Crippen LogP contribution in [-0.2, 0) is 0 Å². The van der Waals surface area contributed by atoms with Crippen molar-refractivity contribution in [2.24, 2.45) is 0 Å². The average Bonchev–Trinajstić information content (AvgIpc) is 2.12. The summed E-state index contributed by atoms with van der Waals surface area (Å²) in [5.41, 5.74) is 0. The fourth-order valence-corrected chi connectivity index (χ4v) is 4.07. The Kier molecular flexibility index (Phi) is 1.13. The Morgan fingerprint density at radius 2 is 2.20 bits per heavy atom. The molecule has 1 rings (SSSR count). The Morgan fingerprint density at radius 1 is 1.60 bits per heavy atom. The second-order valence-electron chi connectivity index (χ2n) is 1.21. The predicted molar refractivity (Wildman–Crippen MR) is 34.3 cm³/mol. The molecule has 1 heteroatoms. The van der Waals surface area contributed by atoms with E-state index in [1.54, 1.807) is 13.3 Å². The normalized spacial score (nSPS) is 27.0. The van der Waals surface area contributed by atoms with Crippen LogP contribution in [0.15, 0.2) is 0 Å². The number of halogens is 1. The zero-order valence-electron chi connectivity index (χ0n) is 3.50. The molecule has 0 aromatic rings. The molecule has 0 aromatic heterocycles. The predicted octanol–water partition coefficient (Wildman–Crippen LogP) is 1.53. The van der Waals surface area contributed by atoms with Gasteiger partial charge in [0.15, 0.2) is 0 Å². The van der Waals surface area contributed by atoms with E-state index in [-0.39, 0.29) is 19.8 Å². The molecule has 0 spiro atoms. The Bertz CT molecular complexity index is 30.6. The summed E-state index contributed by atoms with van der Waals surface area (Å²) in [4.78, 5) is 0. The van der Waals surface area contributed by atoms with E-state index in [9.17, 15) is 0 Å². The molecular weight excluding hydrogens is 175 g/mol. The monoisotopic (exact) mass is 184 g/mol. The van der Waals surface area contributed by atoms with Gasteiger partial charge in [-0.05, 0) is 0 Å². The molecule has 1 aliphatic rings. The zero-order valence-corrected chi connectivity index (χ0v) is 5.66. The molecule has 0 aromatic carbocycles. The van der Waals surface area contributed by atoms with Crippen LogP contribution in [0.4, 0.5) is 0 Å². The van der Waals surface area contributed by atoms with Crippen molar-refractivity contribution < 1.29 is 0 Å². The Morgan fingerprint density at radius 3 is 2.20 bits per heavy atom. The molecule has 1 saturated heterocycles. The van der Waals surface area contributed by atoms with E-state index in [0.29, 0.717) is 0 Å². The summed E-state index contributed by atoms with van der Waals surface area (Å²) in [5, 5.41) is 0. The van der Waals surface area contributed by atoms with Crippen molar-refractivity contribution in [3.05, 3.63) is 0 Å². The third-order valence-electron chi connectivity index (χ3n) is 0.834. The first-order chi connectivity index (χ1) is 2.43. The molecule has 0 atom stereocenters. The van der Waals surface area contributed by atoms with Gasteiger partial charge in [0.05, 0.1) is 0 Å². The standard InChI is InChI=1S/C4H9I/c1-2-5-3-4-5/h2-4H2,1H3. The molecule has 1 fully saturated rings. The van der Waals surface area contributed by atoms with Crippen LogP contribution in [0.3, 0.4) is 0 Å². The number of hydrogen-bond acceptors (Lipinski definition) is 0. The van der Waals surface area contributed by atoms with Crippen molar-refractivity contribution in [3.8, 4) is 0 Å². The van der Waals surface area contributed by atoms with Crippen LogP contribution in [0.2, 0.25) is 0 Å². The molecule has 0 unspecified atom stereocenters. The Labute approximate surface area is 40.3 Å². The Balaban J connectivity index is 2.00. The van der Waals surface area contributed by atoms with Crippen LogP contribution >= 0.6 is 19.8 Å². The number of rotatable bonds is 1. The first-order valence-electron chi connectivity index (χ1n) is 2.01. The van der Waals surface area contributed by atoms with Crippen molar-refractivity contribution in [1.29, 1.82) is 0 Å². The molecule has 0 radical (unpaired) electrons. The number of alkyl halides is 3. The van der Waals surface area contributed by atoms with Gasteiger partial charge in [-0.1, -0.05) is 0 Å². The van der Waals surface area contributed by atoms with Crippen molar-refractivity contribution in [2.45, 2.75) is 6.92 Å². The van der Waals surface area contributed by atoms with Gasteiger partial charge in [-0.3, -0.25) is 0 Å². The number of hydrogen-bond donors (Lipinski definition) is 0. The minimum atomic E-state index is -0.0320. The van der Waals surface area contributed by atoms with Crippen molar-refractivity contribution in [1.82, 2.24) is 0 Å². The second kappa shape index (κ2) is 1.45. The van der Waals surface area contributed by atoms with Gasteiger partial charge in [0.2, 0.25) is 0 Å². The van der Waals surface area contributed by atoms with Gasteiger partial charge >= 0.3 is 40.0 Å². The summed E-state index contributed by atoms with van der Waals surface area (Å²) >= 11 is -0.0320. The van der Waals surface area contributed by atoms with Gasteiger partial charge in [-0.2, -0.15) is 0 Å². The van der Waals surface area contributed by atoms with Crippen LogP contribution in [0, 0.1) is 0 Å². The maximum atomic E-state index is 2.33. The van der Waals surface area contributed by atoms with Crippen molar-refractivity contribution in [2.75, 3.05) is 13.3 Å². The first-order valence-corrected chi connectivity index (χ1v) is 6.59. The summed E-state index contributed by atoms with van der Waals surface area (Å²) in [5.74, 6) is 0. The summed E-state index contributed by atoms with van der Waals surface area (Å²) in [6, 6.07) is 0. The minimum absolute atomic E-state index is 0.0320. The van der Waals surface area contributed by atoms with E-state index >= 15 is 0 Å². The summed E-state index contributed by atoms with van der Waals surface area (Å²) in [6.07, 6.45) is 0. The molecule has 1 heterocycles. The molecule has 1 aliphatic heterocycles. The summed E-state index contributed by atoms with van der Waals surface area (Å²) in [7, 11) is 0. The van der Waals surface area contributed by atoms with E-state index in [0.717, 1.165) is 0 Å². The molecule has 0 bridgehead atoms. The van der Waals surface area contributed by atoms with Crippen LogP contribution in [0.5, 0.6) is 0 Å². The van der Waals surface area contributed by atoms with Crippen LogP contribution in [0.25, 0.3) is 0 Å². The van der Waals surface area contributed by atoms with Gasteiger partial charge < -0.3 is 0 Å². The van der Waals surface area contributed by atoms with Crippen molar-refractivity contribution >= 4 is 19.8 Å². The van der Waals surface area contributed by atoms with Crippen LogP contribution in [-0.4, -0.2) is 13.3 Å². The molecule has 0 N–H and O–H groups in total. The van der Waals surface area contributed by atoms with Crippen LogP contribution < -0.4 is 0 Å². The van der Waals surface area contributed by atoms with Gasteiger partial charge in [0.25, 0.3) is 0 Å². The van der Waals surface area contributed by atoms with E-state index in [1.165, 1.54) is 0 Å². The second-order valence-corrected chi connectivity index (χ2v) is 8.13. The fourth-order valence-electron chi connectivity index (χ4n) is 0.318. The fraction of sp³-hybridized carbons (Fsp3) is 1.00. The van der Waals surface area contributed by atoms with E-state index in [1.807, 2.05) is 0 Å².